The summed E-state index contributed by atoms with van der Waals surface area (Å²) in [7, 11) is 6.07. The minimum Gasteiger partial charge on any atom is -0.399 e. The fraction of sp³-hybridized carbons (Fsp3) is 0.613. The third kappa shape index (κ3) is 6.13. The maximum absolute atomic E-state index is 6.47. The summed E-state index contributed by atoms with van der Waals surface area (Å²) in [6.07, 6.45) is 12.3. The fourth-order valence-corrected chi connectivity index (χ4v) is 6.86. The highest BCUT2D eigenvalue weighted by Gasteiger charge is 2.52. The van der Waals surface area contributed by atoms with Crippen LogP contribution in [0.4, 0.5) is 0 Å². The lowest BCUT2D eigenvalue weighted by Crippen LogP contribution is -2.41. The van der Waals surface area contributed by atoms with Crippen LogP contribution in [0.15, 0.2) is 36.4 Å². The molecule has 0 aromatic heterocycles. The molecule has 2 radical (unpaired) electrons. The summed E-state index contributed by atoms with van der Waals surface area (Å²) in [4.78, 5) is 0. The van der Waals surface area contributed by atoms with Gasteiger partial charge >= 0.3 is 7.12 Å². The molecule has 0 bridgehead atoms. The number of rotatable bonds is 13. The third-order valence-electron chi connectivity index (χ3n) is 8.91. The van der Waals surface area contributed by atoms with Gasteiger partial charge in [0.05, 0.1) is 11.2 Å². The standard InChI is InChI=1S/C31H42B2Br2O2/c1-29(2)30(3,4)37-33(36-29)24-14-16-26-25-15-13-23(32)21-27(25)31(28(26)22-24,17-9-5-7-11-19-34)18-10-6-8-12-20-35/h13-16,21-22H,5-12,17-20H2,1-4H3. The second kappa shape index (κ2) is 12.3. The van der Waals surface area contributed by atoms with Crippen LogP contribution in [0.2, 0.25) is 0 Å². The molecule has 4 rings (SSSR count). The van der Waals surface area contributed by atoms with Gasteiger partial charge in [-0.25, -0.2) is 0 Å². The van der Waals surface area contributed by atoms with Crippen molar-refractivity contribution in [2.75, 3.05) is 10.7 Å². The predicted molar refractivity (Wildman–Crippen MR) is 168 cm³/mol. The first kappa shape index (κ1) is 29.4. The van der Waals surface area contributed by atoms with Crippen molar-refractivity contribution in [3.63, 3.8) is 0 Å². The molecule has 6 heteroatoms. The first-order valence-corrected chi connectivity index (χ1v) is 16.4. The van der Waals surface area contributed by atoms with Crippen molar-refractivity contribution in [2.45, 2.75) is 109 Å². The second-order valence-corrected chi connectivity index (χ2v) is 13.6. The predicted octanol–water partition coefficient (Wildman–Crippen LogP) is 7.74. The molecule has 2 aromatic carbocycles. The average molecular weight is 628 g/mol. The molecule has 1 fully saturated rings. The van der Waals surface area contributed by atoms with Crippen LogP contribution in [0.3, 0.4) is 0 Å². The van der Waals surface area contributed by atoms with Crippen molar-refractivity contribution in [3.8, 4) is 11.1 Å². The van der Waals surface area contributed by atoms with Crippen molar-refractivity contribution < 1.29 is 9.31 Å². The maximum atomic E-state index is 6.47. The Bertz CT molecular complexity index is 1040. The number of fused-ring (bicyclic) bond motifs is 3. The Hall–Kier alpha value is -0.550. The number of alkyl halides is 2. The first-order chi connectivity index (χ1) is 17.6. The number of hydrogen-bond acceptors (Lipinski definition) is 2. The summed E-state index contributed by atoms with van der Waals surface area (Å²) < 4.78 is 12.9. The minimum atomic E-state index is -0.351. The van der Waals surface area contributed by atoms with Gasteiger partial charge in [0.1, 0.15) is 7.85 Å². The van der Waals surface area contributed by atoms with Crippen LogP contribution >= 0.6 is 31.9 Å². The van der Waals surface area contributed by atoms with Crippen LogP contribution in [-0.2, 0) is 14.7 Å². The van der Waals surface area contributed by atoms with Gasteiger partial charge < -0.3 is 9.31 Å². The Labute approximate surface area is 243 Å². The molecule has 0 saturated carbocycles. The van der Waals surface area contributed by atoms with E-state index in [4.69, 9.17) is 17.2 Å². The van der Waals surface area contributed by atoms with Gasteiger partial charge in [0, 0.05) is 16.1 Å². The van der Waals surface area contributed by atoms with Crippen LogP contribution in [0.1, 0.15) is 103 Å². The Balaban J connectivity index is 1.73. The van der Waals surface area contributed by atoms with Gasteiger partial charge in [0.25, 0.3) is 0 Å². The Morgan fingerprint density at radius 3 is 1.70 bits per heavy atom. The molecule has 1 heterocycles. The molecular formula is C31H42B2Br2O2. The van der Waals surface area contributed by atoms with E-state index in [1.54, 1.807) is 0 Å². The summed E-state index contributed by atoms with van der Waals surface area (Å²) >= 11 is 7.20. The normalized spacial score (nSPS) is 18.7. The third-order valence-corrected chi connectivity index (χ3v) is 10.0. The SMILES string of the molecule is [B]c1ccc2c(c1)C(CCCCCCBr)(CCCCCCBr)c1cc(B3OC(C)(C)C(C)(C)O3)ccc1-2. The molecule has 2 aliphatic rings. The van der Waals surface area contributed by atoms with Crippen LogP contribution in [0.5, 0.6) is 0 Å². The van der Waals surface area contributed by atoms with Gasteiger partial charge in [0.15, 0.2) is 0 Å². The summed E-state index contributed by atoms with van der Waals surface area (Å²) in [6.45, 7) is 8.51. The van der Waals surface area contributed by atoms with Crippen LogP contribution in [0.25, 0.3) is 11.1 Å². The van der Waals surface area contributed by atoms with Gasteiger partial charge in [0.2, 0.25) is 0 Å². The van der Waals surface area contributed by atoms with Crippen molar-refractivity contribution >= 4 is 57.8 Å². The Kier molecular flexibility index (Phi) is 9.80. The molecule has 1 aliphatic carbocycles. The number of halogens is 2. The highest BCUT2D eigenvalue weighted by molar-refractivity contribution is 9.09. The van der Waals surface area contributed by atoms with E-state index in [0.717, 1.165) is 34.4 Å². The number of benzene rings is 2. The van der Waals surface area contributed by atoms with E-state index < -0.39 is 0 Å². The lowest BCUT2D eigenvalue weighted by atomic mass is 9.68. The van der Waals surface area contributed by atoms with Gasteiger partial charge in [-0.05, 0) is 81.1 Å². The molecule has 0 atom stereocenters. The highest BCUT2D eigenvalue weighted by atomic mass is 79.9. The minimum absolute atomic E-state index is 0.0114. The number of unbranched alkanes of at least 4 members (excludes halogenated alkanes) is 6. The van der Waals surface area contributed by atoms with Crippen LogP contribution < -0.4 is 10.9 Å². The zero-order valence-electron chi connectivity index (χ0n) is 23.2. The average Bonchev–Trinajstić information content (AvgIpc) is 3.24. The Morgan fingerprint density at radius 2 is 1.16 bits per heavy atom. The van der Waals surface area contributed by atoms with Crippen molar-refractivity contribution in [2.24, 2.45) is 0 Å². The molecule has 0 amide bonds. The smallest absolute Gasteiger partial charge is 0.399 e. The van der Waals surface area contributed by atoms with Gasteiger partial charge in [-0.2, -0.15) is 0 Å². The van der Waals surface area contributed by atoms with E-state index in [0.29, 0.717) is 0 Å². The molecule has 0 spiro atoms. The molecule has 0 N–H and O–H groups in total. The van der Waals surface area contributed by atoms with E-state index >= 15 is 0 Å². The van der Waals surface area contributed by atoms with Gasteiger partial charge in [-0.3, -0.25) is 0 Å². The largest absolute Gasteiger partial charge is 0.494 e. The summed E-state index contributed by atoms with van der Waals surface area (Å²) in [5.41, 5.74) is 6.86. The molecule has 1 aliphatic heterocycles. The summed E-state index contributed by atoms with van der Waals surface area (Å²) in [6, 6.07) is 13.5. The molecule has 198 valence electrons. The van der Waals surface area contributed by atoms with E-state index in [1.807, 2.05) is 0 Å². The maximum Gasteiger partial charge on any atom is 0.494 e. The van der Waals surface area contributed by atoms with Crippen LogP contribution in [0, 0.1) is 0 Å². The quantitative estimate of drug-likeness (QED) is 0.129. The first-order valence-electron chi connectivity index (χ1n) is 14.2. The second-order valence-electron chi connectivity index (χ2n) is 12.0. The van der Waals surface area contributed by atoms with Gasteiger partial charge in [-0.1, -0.05) is 112 Å². The molecule has 2 aromatic rings. The van der Waals surface area contributed by atoms with Crippen LogP contribution in [-0.4, -0.2) is 36.8 Å². The highest BCUT2D eigenvalue weighted by Crippen LogP contribution is 2.54. The Morgan fingerprint density at radius 1 is 0.676 bits per heavy atom. The number of hydrogen-bond donors (Lipinski definition) is 0. The molecule has 2 nitrogen and oxygen atoms in total. The molecule has 37 heavy (non-hydrogen) atoms. The van der Waals surface area contributed by atoms with E-state index in [9.17, 15) is 0 Å². The monoisotopic (exact) mass is 626 g/mol. The molecular weight excluding hydrogens is 586 g/mol. The summed E-state index contributed by atoms with van der Waals surface area (Å²) in [5, 5.41) is 2.18. The topological polar surface area (TPSA) is 18.5 Å². The van der Waals surface area contributed by atoms with Crippen molar-refractivity contribution in [1.82, 2.24) is 0 Å². The molecule has 0 unspecified atom stereocenters. The van der Waals surface area contributed by atoms with Gasteiger partial charge in [-0.15, -0.1) is 0 Å². The zero-order valence-corrected chi connectivity index (χ0v) is 26.3. The van der Waals surface area contributed by atoms with E-state index in [1.165, 1.54) is 73.6 Å². The van der Waals surface area contributed by atoms with Crippen molar-refractivity contribution in [3.05, 3.63) is 47.5 Å². The lowest BCUT2D eigenvalue weighted by Gasteiger charge is -2.33. The van der Waals surface area contributed by atoms with Crippen molar-refractivity contribution in [1.29, 1.82) is 0 Å². The summed E-state index contributed by atoms with van der Waals surface area (Å²) in [5.74, 6) is 0. The zero-order chi connectivity index (χ0) is 26.7. The van der Waals surface area contributed by atoms with E-state index in [-0.39, 0.29) is 23.7 Å². The molecule has 1 saturated heterocycles. The van der Waals surface area contributed by atoms with E-state index in [2.05, 4.69) is 96.0 Å². The lowest BCUT2D eigenvalue weighted by molar-refractivity contribution is 0.00578. The fourth-order valence-electron chi connectivity index (χ4n) is 6.07.